The second-order valence-electron chi connectivity index (χ2n) is 5.00. The minimum absolute atomic E-state index is 0. The average Bonchev–Trinajstić information content (AvgIpc) is 2.46. The van der Waals surface area contributed by atoms with E-state index in [-0.39, 0.29) is 29.1 Å². The largest absolute Gasteiger partial charge is 0.353 e. The van der Waals surface area contributed by atoms with Crippen molar-refractivity contribution in [3.05, 3.63) is 28.7 Å². The molecular formula is C15H24BrClN2OS. The Bertz CT molecular complexity index is 438. The summed E-state index contributed by atoms with van der Waals surface area (Å²) < 4.78 is 1.04. The Hall–Kier alpha value is -0.230. The van der Waals surface area contributed by atoms with Gasteiger partial charge in [-0.05, 0) is 44.0 Å². The van der Waals surface area contributed by atoms with Gasteiger partial charge in [0.1, 0.15) is 0 Å². The molecule has 0 heterocycles. The van der Waals surface area contributed by atoms with Crippen molar-refractivity contribution >= 4 is 46.0 Å². The van der Waals surface area contributed by atoms with Crippen molar-refractivity contribution in [1.82, 2.24) is 5.32 Å². The zero-order chi connectivity index (χ0) is 15.2. The molecule has 0 aromatic heterocycles. The highest BCUT2D eigenvalue weighted by Gasteiger charge is 2.22. The van der Waals surface area contributed by atoms with Crippen LogP contribution in [0, 0.1) is 0 Å². The molecule has 1 unspecified atom stereocenters. The molecule has 0 saturated carbocycles. The fraction of sp³-hybridized carbons (Fsp3) is 0.533. The van der Waals surface area contributed by atoms with Crippen molar-refractivity contribution in [3.63, 3.8) is 0 Å². The zero-order valence-corrected chi connectivity index (χ0v) is 15.9. The third-order valence-corrected chi connectivity index (χ3v) is 5.16. The molecule has 1 amide bonds. The lowest BCUT2D eigenvalue weighted by molar-refractivity contribution is -0.120. The molecule has 1 atom stereocenters. The molecule has 0 radical (unpaired) electrons. The number of nitrogens with one attached hydrogen (secondary N) is 1. The van der Waals surface area contributed by atoms with E-state index in [9.17, 15) is 4.79 Å². The quantitative estimate of drug-likeness (QED) is 0.686. The molecule has 0 bridgehead atoms. The summed E-state index contributed by atoms with van der Waals surface area (Å²) >= 11 is 4.95. The molecule has 1 aromatic rings. The second kappa shape index (κ2) is 9.72. The molecule has 0 saturated heterocycles. The summed E-state index contributed by atoms with van der Waals surface area (Å²) in [7, 11) is 0. The topological polar surface area (TPSA) is 55.1 Å². The van der Waals surface area contributed by atoms with Crippen LogP contribution in [0.1, 0.15) is 33.6 Å². The summed E-state index contributed by atoms with van der Waals surface area (Å²) in [5, 5.41) is 2.83. The number of benzene rings is 1. The second-order valence-corrected chi connectivity index (χ2v) is 7.33. The number of hydrogen-bond donors (Lipinski definition) is 2. The summed E-state index contributed by atoms with van der Waals surface area (Å²) in [6.07, 6.45) is 1.72. The van der Waals surface area contributed by atoms with Gasteiger partial charge in [-0.2, -0.15) is 0 Å². The number of nitrogens with two attached hydrogens (primary N) is 1. The molecule has 1 aromatic carbocycles. The Balaban J connectivity index is 0.00000400. The Labute approximate surface area is 146 Å². The van der Waals surface area contributed by atoms with Crippen LogP contribution in [0.4, 0.5) is 0 Å². The minimum atomic E-state index is -0.294. The smallest absolute Gasteiger partial charge is 0.233 e. The van der Waals surface area contributed by atoms with Gasteiger partial charge in [0.25, 0.3) is 0 Å². The van der Waals surface area contributed by atoms with Crippen LogP contribution in [-0.2, 0) is 4.79 Å². The monoisotopic (exact) mass is 394 g/mol. The fourth-order valence-corrected chi connectivity index (χ4v) is 2.83. The van der Waals surface area contributed by atoms with Crippen molar-refractivity contribution in [2.75, 3.05) is 6.54 Å². The molecule has 0 fully saturated rings. The van der Waals surface area contributed by atoms with Gasteiger partial charge in [0.05, 0.1) is 5.25 Å². The van der Waals surface area contributed by atoms with Gasteiger partial charge < -0.3 is 11.1 Å². The van der Waals surface area contributed by atoms with E-state index in [0.29, 0.717) is 6.54 Å². The number of thioether (sulfide) groups is 1. The molecule has 0 aliphatic heterocycles. The standard InChI is InChI=1S/C15H23BrN2OS.ClH/c1-4-15(17,5-2)10-18-14(19)11(3)20-13-8-6-12(16)7-9-13;/h6-9,11H,4-5,10,17H2,1-3H3,(H,18,19);1H. The summed E-state index contributed by atoms with van der Waals surface area (Å²) in [5.41, 5.74) is 5.89. The van der Waals surface area contributed by atoms with E-state index in [4.69, 9.17) is 5.73 Å². The maximum atomic E-state index is 12.1. The molecule has 0 aliphatic carbocycles. The van der Waals surface area contributed by atoms with Gasteiger partial charge in [-0.3, -0.25) is 4.79 Å². The lowest BCUT2D eigenvalue weighted by atomic mass is 9.94. The van der Waals surface area contributed by atoms with Crippen LogP contribution in [0.5, 0.6) is 0 Å². The Morgan fingerprint density at radius 3 is 2.33 bits per heavy atom. The van der Waals surface area contributed by atoms with Crippen molar-refractivity contribution in [2.24, 2.45) is 5.73 Å². The molecule has 21 heavy (non-hydrogen) atoms. The van der Waals surface area contributed by atoms with Crippen LogP contribution in [0.25, 0.3) is 0 Å². The molecule has 120 valence electrons. The maximum absolute atomic E-state index is 12.1. The summed E-state index contributed by atoms with van der Waals surface area (Å²) in [6.45, 7) is 6.55. The summed E-state index contributed by atoms with van der Waals surface area (Å²) in [5.74, 6) is 0.0367. The molecule has 1 rings (SSSR count). The minimum Gasteiger partial charge on any atom is -0.353 e. The molecule has 0 spiro atoms. The first kappa shape index (κ1) is 20.8. The van der Waals surface area contributed by atoms with Crippen molar-refractivity contribution in [3.8, 4) is 0 Å². The lowest BCUT2D eigenvalue weighted by Gasteiger charge is -2.27. The van der Waals surface area contributed by atoms with Crippen LogP contribution in [0.15, 0.2) is 33.6 Å². The first-order valence-electron chi connectivity index (χ1n) is 6.89. The van der Waals surface area contributed by atoms with Gasteiger partial charge in [0.15, 0.2) is 0 Å². The van der Waals surface area contributed by atoms with E-state index in [1.54, 1.807) is 11.8 Å². The Kier molecular flexibility index (Phi) is 9.61. The molecule has 0 aliphatic rings. The number of halogens is 2. The van der Waals surface area contributed by atoms with Crippen LogP contribution < -0.4 is 11.1 Å². The van der Waals surface area contributed by atoms with Gasteiger partial charge >= 0.3 is 0 Å². The van der Waals surface area contributed by atoms with Gasteiger partial charge in [0.2, 0.25) is 5.91 Å². The van der Waals surface area contributed by atoms with Gasteiger partial charge in [-0.15, -0.1) is 24.2 Å². The highest BCUT2D eigenvalue weighted by atomic mass is 79.9. The third-order valence-electron chi connectivity index (χ3n) is 3.52. The SMILES string of the molecule is CCC(N)(CC)CNC(=O)C(C)Sc1ccc(Br)cc1.Cl. The van der Waals surface area contributed by atoms with E-state index >= 15 is 0 Å². The van der Waals surface area contributed by atoms with Crippen LogP contribution in [0.2, 0.25) is 0 Å². The lowest BCUT2D eigenvalue weighted by Crippen LogP contribution is -2.50. The number of rotatable bonds is 7. The number of hydrogen-bond acceptors (Lipinski definition) is 3. The van der Waals surface area contributed by atoms with Gasteiger partial charge in [0, 0.05) is 21.5 Å². The van der Waals surface area contributed by atoms with Crippen LogP contribution in [0.3, 0.4) is 0 Å². The maximum Gasteiger partial charge on any atom is 0.233 e. The van der Waals surface area contributed by atoms with Crippen LogP contribution >= 0.6 is 40.1 Å². The van der Waals surface area contributed by atoms with Gasteiger partial charge in [-0.1, -0.05) is 29.8 Å². The number of carbonyl (C=O) groups excluding carboxylic acids is 1. The molecule has 3 nitrogen and oxygen atoms in total. The van der Waals surface area contributed by atoms with E-state index in [0.717, 1.165) is 22.2 Å². The Morgan fingerprint density at radius 2 is 1.86 bits per heavy atom. The van der Waals surface area contributed by atoms with Gasteiger partial charge in [-0.25, -0.2) is 0 Å². The van der Waals surface area contributed by atoms with Crippen molar-refractivity contribution in [1.29, 1.82) is 0 Å². The predicted molar refractivity (Wildman–Crippen MR) is 97.2 cm³/mol. The average molecular weight is 396 g/mol. The third kappa shape index (κ3) is 7.04. The normalized spacial score (nSPS) is 12.4. The van der Waals surface area contributed by atoms with E-state index < -0.39 is 0 Å². The zero-order valence-electron chi connectivity index (χ0n) is 12.7. The van der Waals surface area contributed by atoms with E-state index in [1.807, 2.05) is 31.2 Å². The highest BCUT2D eigenvalue weighted by molar-refractivity contribution is 9.10. The summed E-state index contributed by atoms with van der Waals surface area (Å²) in [6, 6.07) is 7.96. The van der Waals surface area contributed by atoms with Crippen molar-refractivity contribution in [2.45, 2.75) is 49.3 Å². The number of amides is 1. The fourth-order valence-electron chi connectivity index (χ4n) is 1.68. The van der Waals surface area contributed by atoms with Crippen molar-refractivity contribution < 1.29 is 4.79 Å². The van der Waals surface area contributed by atoms with E-state index in [2.05, 4.69) is 35.1 Å². The molecule has 6 heteroatoms. The van der Waals surface area contributed by atoms with E-state index in [1.165, 1.54) is 0 Å². The summed E-state index contributed by atoms with van der Waals surface area (Å²) in [4.78, 5) is 13.2. The predicted octanol–water partition coefficient (Wildman–Crippen LogP) is 3.99. The van der Waals surface area contributed by atoms with Crippen LogP contribution in [-0.4, -0.2) is 23.2 Å². The molecular weight excluding hydrogens is 372 g/mol. The number of carbonyl (C=O) groups is 1. The molecule has 3 N–H and O–H groups in total. The Morgan fingerprint density at radius 1 is 1.33 bits per heavy atom. The first-order valence-corrected chi connectivity index (χ1v) is 8.56. The highest BCUT2D eigenvalue weighted by Crippen LogP contribution is 2.25. The first-order chi connectivity index (χ1) is 9.40.